The van der Waals surface area contributed by atoms with Gasteiger partial charge in [-0.1, -0.05) is 24.6 Å². The number of rotatable bonds is 5. The molecule has 4 atom stereocenters. The van der Waals surface area contributed by atoms with E-state index in [0.717, 1.165) is 11.1 Å². The van der Waals surface area contributed by atoms with Crippen LogP contribution in [-0.4, -0.2) is 47.7 Å². The number of alkyl halides is 1. The third-order valence-corrected chi connectivity index (χ3v) is 5.79. The third kappa shape index (κ3) is 4.11. The molecule has 0 bridgehead atoms. The van der Waals surface area contributed by atoms with Crippen molar-refractivity contribution in [3.63, 3.8) is 0 Å². The molecule has 1 amide bonds. The van der Waals surface area contributed by atoms with Gasteiger partial charge in [-0.3, -0.25) is 13.8 Å². The Kier molecular flexibility index (Phi) is 4.81. The van der Waals surface area contributed by atoms with Crippen LogP contribution in [0.5, 0.6) is 11.5 Å². The molecule has 1 saturated heterocycles. The molecule has 170 valence electrons. The average Bonchev–Trinajstić information content (AvgIpc) is 3.03. The second-order valence-electron chi connectivity index (χ2n) is 6.80. The number of halogens is 1. The van der Waals surface area contributed by atoms with Gasteiger partial charge < -0.3 is 29.3 Å². The molecule has 12 heteroatoms. The minimum Gasteiger partial charge on any atom is -0.493 e. The lowest BCUT2D eigenvalue weighted by Gasteiger charge is -2.34. The molecule has 3 heterocycles. The van der Waals surface area contributed by atoms with Crippen LogP contribution in [0, 0.1) is 12.3 Å². The van der Waals surface area contributed by atoms with Crippen LogP contribution in [-0.2, 0) is 29.8 Å². The van der Waals surface area contributed by atoms with Gasteiger partial charge in [0.15, 0.2) is 17.7 Å². The Labute approximate surface area is 187 Å². The van der Waals surface area contributed by atoms with Crippen molar-refractivity contribution in [1.82, 2.24) is 10.2 Å². The van der Waals surface area contributed by atoms with Gasteiger partial charge in [0.2, 0.25) is 5.85 Å². The molecule has 3 aliphatic rings. The van der Waals surface area contributed by atoms with Crippen LogP contribution >= 0.6 is 7.82 Å². The first kappa shape index (κ1) is 18.7. The topological polar surface area (TPSA) is 116 Å². The number of fused-ring (bicyclic) bond motifs is 1. The molecule has 0 aliphatic carbocycles. The number of hydrogen-bond acceptors (Lipinski definition) is 9. The van der Waals surface area contributed by atoms with E-state index in [1.165, 1.54) is 13.2 Å². The van der Waals surface area contributed by atoms with Crippen molar-refractivity contribution in [3.8, 4) is 23.8 Å². The lowest BCUT2D eigenvalue weighted by molar-refractivity contribution is -0.184. The summed E-state index contributed by atoms with van der Waals surface area (Å²) in [7, 11) is -3.45. The molecule has 0 spiro atoms. The van der Waals surface area contributed by atoms with Crippen molar-refractivity contribution < 1.29 is 46.0 Å². The summed E-state index contributed by atoms with van der Waals surface area (Å²) < 4.78 is 79.1. The number of carbonyl (C=O) groups is 1. The molecule has 4 rings (SSSR count). The highest BCUT2D eigenvalue weighted by Crippen LogP contribution is 2.57. The monoisotopic (exact) mass is 469 g/mol. The fraction of sp³-hybridized carbons (Fsp3) is 0.350. The first-order chi connectivity index (χ1) is 16.3. The van der Waals surface area contributed by atoms with E-state index in [9.17, 15) is 14.5 Å². The summed E-state index contributed by atoms with van der Waals surface area (Å²) in [6, 6.07) is 4.70. The highest BCUT2D eigenvalue weighted by molar-refractivity contribution is 7.49. The van der Waals surface area contributed by atoms with Crippen molar-refractivity contribution in [3.05, 3.63) is 47.9 Å². The predicted molar refractivity (Wildman–Crippen MR) is 107 cm³/mol. The molecular weight excluding hydrogens is 446 g/mol. The summed E-state index contributed by atoms with van der Waals surface area (Å²) in [5.41, 5.74) is 0.144. The summed E-state index contributed by atoms with van der Waals surface area (Å²) >= 11 is 0. The molecule has 2 N–H and O–H groups in total. The predicted octanol–water partition coefficient (Wildman–Crippen LogP) is 1.92. The Morgan fingerprint density at radius 1 is 1.62 bits per heavy atom. The Balaban J connectivity index is 1.61. The minimum atomic E-state index is -4.78. The van der Waals surface area contributed by atoms with Gasteiger partial charge in [-0.15, -0.1) is 6.42 Å². The van der Waals surface area contributed by atoms with Crippen molar-refractivity contribution in [2.75, 3.05) is 13.7 Å². The number of terminal acetylenes is 1. The van der Waals surface area contributed by atoms with Gasteiger partial charge in [0.1, 0.15) is 24.1 Å². The molecule has 3 aliphatic heterocycles. The van der Waals surface area contributed by atoms with Gasteiger partial charge in [-0.2, -0.15) is 0 Å². The summed E-state index contributed by atoms with van der Waals surface area (Å²) in [6.07, 6.45) is 0.292. The Bertz CT molecular complexity index is 1210. The standard InChI is InChI=1S/C20H20FN2O8P/c1-4-13-9-23(12(2)22-18(13)25)19-15(24)8-20(21,30-19)11-29-32(26)28-10-14-6-5-7-16(27-3)17(14)31-32/h1,5-7,9,15,19,24H,2,8,10-11H2,3H3,(H,22,25)/t15-,19-,20+,32?/m1/s1/i11D2,19D. The fourth-order valence-electron chi connectivity index (χ4n) is 3.10. The van der Waals surface area contributed by atoms with Gasteiger partial charge >= 0.3 is 7.82 Å². The lowest BCUT2D eigenvalue weighted by Crippen LogP contribution is -2.46. The second kappa shape index (κ2) is 8.24. The quantitative estimate of drug-likeness (QED) is 0.493. The summed E-state index contributed by atoms with van der Waals surface area (Å²) in [5.74, 6) is -2.37. The zero-order chi connectivity index (χ0) is 25.8. The van der Waals surface area contributed by atoms with E-state index in [2.05, 4.69) is 17.8 Å². The summed E-state index contributed by atoms with van der Waals surface area (Å²) in [4.78, 5) is 12.6. The molecule has 10 nitrogen and oxygen atoms in total. The average molecular weight is 469 g/mol. The van der Waals surface area contributed by atoms with Crippen LogP contribution in [0.3, 0.4) is 0 Å². The molecular formula is C20H20FN2O8P. The smallest absolute Gasteiger partial charge is 0.493 e. The zero-order valence-corrected chi connectivity index (χ0v) is 17.6. The van der Waals surface area contributed by atoms with E-state index in [1.54, 1.807) is 12.1 Å². The van der Waals surface area contributed by atoms with Crippen molar-refractivity contribution >= 4 is 13.7 Å². The molecule has 0 aromatic heterocycles. The maximum absolute atomic E-state index is 15.9. The molecule has 1 fully saturated rings. The number of nitrogens with one attached hydrogen (secondary N) is 1. The van der Waals surface area contributed by atoms with Crippen LogP contribution in [0.2, 0.25) is 0 Å². The Morgan fingerprint density at radius 2 is 2.41 bits per heavy atom. The number of para-hydroxylation sites is 1. The molecule has 1 aromatic rings. The van der Waals surface area contributed by atoms with E-state index < -0.39 is 44.9 Å². The molecule has 0 saturated carbocycles. The number of aliphatic hydroxyl groups is 1. The van der Waals surface area contributed by atoms with Gasteiger partial charge in [0, 0.05) is 18.2 Å². The van der Waals surface area contributed by atoms with Gasteiger partial charge in [-0.05, 0) is 6.07 Å². The number of phosphoric ester groups is 1. The van der Waals surface area contributed by atoms with Crippen LogP contribution in [0.4, 0.5) is 4.39 Å². The SMILES string of the molecule is [2H]C([2H])(OP1(=O)OCc2cccc(OC)c2O1)[C@]1(F)C[C@@H](O)[C@]([2H])(N2C=C(C#C)C(=O)NC2=C)O1. The maximum atomic E-state index is 15.9. The van der Waals surface area contributed by atoms with Gasteiger partial charge in [0.25, 0.3) is 5.91 Å². The first-order valence-electron chi connectivity index (χ1n) is 10.6. The normalized spacial score (nSPS) is 35.9. The second-order valence-corrected chi connectivity index (χ2v) is 8.32. The Morgan fingerprint density at radius 3 is 3.12 bits per heavy atom. The molecule has 1 unspecified atom stereocenters. The zero-order valence-electron chi connectivity index (χ0n) is 19.7. The number of phosphoric acid groups is 1. The van der Waals surface area contributed by atoms with Crippen molar-refractivity contribution in [2.45, 2.75) is 31.2 Å². The van der Waals surface area contributed by atoms with E-state index in [4.69, 9.17) is 33.6 Å². The number of methoxy groups -OCH3 is 1. The van der Waals surface area contributed by atoms with Crippen LogP contribution in [0.25, 0.3) is 0 Å². The van der Waals surface area contributed by atoms with E-state index in [-0.39, 0.29) is 29.5 Å². The van der Waals surface area contributed by atoms with Crippen LogP contribution in [0.15, 0.2) is 42.4 Å². The maximum Gasteiger partial charge on any atom is 0.530 e. The fourth-order valence-corrected chi connectivity index (χ4v) is 4.22. The van der Waals surface area contributed by atoms with Crippen molar-refractivity contribution in [2.24, 2.45) is 0 Å². The molecule has 0 radical (unpaired) electrons. The van der Waals surface area contributed by atoms with Gasteiger partial charge in [0.05, 0.1) is 17.8 Å². The number of nitrogens with zero attached hydrogens (tertiary/aromatic N) is 1. The number of hydrogen-bond donors (Lipinski definition) is 2. The lowest BCUT2D eigenvalue weighted by atomic mass is 10.1. The third-order valence-electron chi connectivity index (χ3n) is 4.62. The van der Waals surface area contributed by atoms with Crippen LogP contribution < -0.4 is 14.6 Å². The highest BCUT2D eigenvalue weighted by Gasteiger charge is 2.52. The summed E-state index contributed by atoms with van der Waals surface area (Å²) in [6.45, 7) is -0.369. The number of benzene rings is 1. The number of ether oxygens (including phenoxy) is 2. The number of carbonyl (C=O) groups excluding carboxylic acids is 1. The first-order valence-corrected chi connectivity index (χ1v) is 10.6. The highest BCUT2D eigenvalue weighted by atomic mass is 31.2. The number of amides is 1. The van der Waals surface area contributed by atoms with Gasteiger partial charge in [-0.25, -0.2) is 8.96 Å². The largest absolute Gasteiger partial charge is 0.530 e. The molecule has 1 aromatic carbocycles. The minimum absolute atomic E-state index is 0.0391. The van der Waals surface area contributed by atoms with Crippen molar-refractivity contribution in [1.29, 1.82) is 0 Å². The van der Waals surface area contributed by atoms with E-state index >= 15 is 4.39 Å². The number of aliphatic hydroxyl groups excluding tert-OH is 1. The van der Waals surface area contributed by atoms with E-state index in [1.807, 2.05) is 0 Å². The molecule has 32 heavy (non-hydrogen) atoms. The van der Waals surface area contributed by atoms with Crippen LogP contribution in [0.1, 0.15) is 16.1 Å². The summed E-state index contributed by atoms with van der Waals surface area (Å²) in [5, 5.41) is 12.7. The Hall–Kier alpha value is -2.87. The van der Waals surface area contributed by atoms with E-state index in [0.29, 0.717) is 5.56 Å².